The summed E-state index contributed by atoms with van der Waals surface area (Å²) in [6.45, 7) is 7.45. The van der Waals surface area contributed by atoms with E-state index in [4.69, 9.17) is 5.11 Å². The van der Waals surface area contributed by atoms with Crippen LogP contribution in [0.2, 0.25) is 0 Å². The molecule has 1 aromatic rings. The van der Waals surface area contributed by atoms with Gasteiger partial charge in [0.25, 0.3) is 0 Å². The average Bonchev–Trinajstić information content (AvgIpc) is 2.77. The number of rotatable bonds is 4. The Labute approximate surface area is 103 Å². The molecule has 0 saturated carbocycles. The summed E-state index contributed by atoms with van der Waals surface area (Å²) >= 11 is 0. The molecule has 0 radical (unpaired) electrons. The Morgan fingerprint density at radius 3 is 2.65 bits per heavy atom. The molecular weight excluding hydrogens is 214 g/mol. The van der Waals surface area contributed by atoms with Gasteiger partial charge in [0.15, 0.2) is 0 Å². The minimum atomic E-state index is 0.305. The van der Waals surface area contributed by atoms with E-state index >= 15 is 0 Å². The van der Waals surface area contributed by atoms with Crippen LogP contribution in [0.3, 0.4) is 0 Å². The van der Waals surface area contributed by atoms with Gasteiger partial charge < -0.3 is 5.11 Å². The Kier molecular flexibility index (Phi) is 4.07. The first-order valence-electron chi connectivity index (χ1n) is 6.33. The fourth-order valence-corrected chi connectivity index (χ4v) is 2.21. The molecule has 1 unspecified atom stereocenters. The quantitative estimate of drug-likeness (QED) is 0.857. The SMILES string of the molecule is CC(C)c1ncc(CN2CCC(CO)C2)cn1. The maximum atomic E-state index is 9.10. The minimum Gasteiger partial charge on any atom is -0.396 e. The lowest BCUT2D eigenvalue weighted by Crippen LogP contribution is -2.21. The summed E-state index contributed by atoms with van der Waals surface area (Å²) in [6, 6.07) is 0. The van der Waals surface area contributed by atoms with Crippen LogP contribution in [0.25, 0.3) is 0 Å². The second-order valence-electron chi connectivity index (χ2n) is 5.18. The van der Waals surface area contributed by atoms with Crippen molar-refractivity contribution in [2.75, 3.05) is 19.7 Å². The number of hydrogen-bond acceptors (Lipinski definition) is 4. The predicted octanol–water partition coefficient (Wildman–Crippen LogP) is 1.41. The van der Waals surface area contributed by atoms with Gasteiger partial charge >= 0.3 is 0 Å². The Hall–Kier alpha value is -1.00. The first-order valence-corrected chi connectivity index (χ1v) is 6.33. The normalized spacial score (nSPS) is 21.3. The van der Waals surface area contributed by atoms with Crippen molar-refractivity contribution < 1.29 is 5.11 Å². The van der Waals surface area contributed by atoms with Gasteiger partial charge in [-0.3, -0.25) is 4.90 Å². The van der Waals surface area contributed by atoms with Crippen LogP contribution in [0.1, 0.15) is 37.6 Å². The summed E-state index contributed by atoms with van der Waals surface area (Å²) in [4.78, 5) is 11.1. The minimum absolute atomic E-state index is 0.305. The van der Waals surface area contributed by atoms with Gasteiger partial charge in [-0.05, 0) is 18.9 Å². The smallest absolute Gasteiger partial charge is 0.130 e. The summed E-state index contributed by atoms with van der Waals surface area (Å²) in [7, 11) is 0. The lowest BCUT2D eigenvalue weighted by atomic mass is 10.1. The molecule has 1 fully saturated rings. The summed E-state index contributed by atoms with van der Waals surface area (Å²) < 4.78 is 0. The first-order chi connectivity index (χ1) is 8.19. The lowest BCUT2D eigenvalue weighted by Gasteiger charge is -2.15. The highest BCUT2D eigenvalue weighted by Crippen LogP contribution is 2.17. The van der Waals surface area contributed by atoms with Gasteiger partial charge in [0.1, 0.15) is 5.82 Å². The molecule has 94 valence electrons. The van der Waals surface area contributed by atoms with Crippen molar-refractivity contribution in [3.05, 3.63) is 23.8 Å². The van der Waals surface area contributed by atoms with Crippen molar-refractivity contribution in [2.45, 2.75) is 32.7 Å². The Balaban J connectivity index is 1.91. The molecule has 1 saturated heterocycles. The molecule has 0 bridgehead atoms. The highest BCUT2D eigenvalue weighted by molar-refractivity contribution is 5.07. The molecule has 1 aromatic heterocycles. The topological polar surface area (TPSA) is 49.2 Å². The van der Waals surface area contributed by atoms with E-state index in [1.165, 1.54) is 0 Å². The Bertz CT molecular complexity index is 350. The fourth-order valence-electron chi connectivity index (χ4n) is 2.21. The summed E-state index contributed by atoms with van der Waals surface area (Å²) in [6.07, 6.45) is 4.95. The molecule has 2 rings (SSSR count). The van der Waals surface area contributed by atoms with Crippen molar-refractivity contribution in [3.63, 3.8) is 0 Å². The molecular formula is C13H21N3O. The highest BCUT2D eigenvalue weighted by Gasteiger charge is 2.21. The van der Waals surface area contributed by atoms with Crippen LogP contribution in [-0.2, 0) is 6.54 Å². The van der Waals surface area contributed by atoms with Gasteiger partial charge in [0.2, 0.25) is 0 Å². The number of likely N-dealkylation sites (tertiary alicyclic amines) is 1. The largest absolute Gasteiger partial charge is 0.396 e. The predicted molar refractivity (Wildman–Crippen MR) is 66.6 cm³/mol. The molecule has 0 aliphatic carbocycles. The summed E-state index contributed by atoms with van der Waals surface area (Å²) in [5, 5.41) is 9.10. The van der Waals surface area contributed by atoms with Crippen molar-refractivity contribution >= 4 is 0 Å². The molecule has 17 heavy (non-hydrogen) atoms. The number of aromatic nitrogens is 2. The molecule has 0 amide bonds. The van der Waals surface area contributed by atoms with Crippen LogP contribution in [0.15, 0.2) is 12.4 Å². The fraction of sp³-hybridized carbons (Fsp3) is 0.692. The molecule has 2 heterocycles. The average molecular weight is 235 g/mol. The molecule has 0 aromatic carbocycles. The van der Waals surface area contributed by atoms with E-state index in [2.05, 4.69) is 28.7 Å². The first kappa shape index (κ1) is 12.5. The maximum absolute atomic E-state index is 9.10. The molecule has 0 spiro atoms. The monoisotopic (exact) mass is 235 g/mol. The van der Waals surface area contributed by atoms with Crippen LogP contribution < -0.4 is 0 Å². The molecule has 1 N–H and O–H groups in total. The third kappa shape index (κ3) is 3.23. The van der Waals surface area contributed by atoms with E-state index in [-0.39, 0.29) is 0 Å². The summed E-state index contributed by atoms with van der Waals surface area (Å²) in [5.74, 6) is 1.74. The molecule has 4 nitrogen and oxygen atoms in total. The van der Waals surface area contributed by atoms with E-state index < -0.39 is 0 Å². The van der Waals surface area contributed by atoms with Crippen LogP contribution in [0, 0.1) is 5.92 Å². The second kappa shape index (κ2) is 5.56. The van der Waals surface area contributed by atoms with Gasteiger partial charge in [-0.1, -0.05) is 13.8 Å². The number of aliphatic hydroxyl groups is 1. The molecule has 1 aliphatic rings. The number of nitrogens with zero attached hydrogens (tertiary/aromatic N) is 3. The Morgan fingerprint density at radius 1 is 1.41 bits per heavy atom. The highest BCUT2D eigenvalue weighted by atomic mass is 16.3. The van der Waals surface area contributed by atoms with Crippen molar-refractivity contribution in [1.29, 1.82) is 0 Å². The van der Waals surface area contributed by atoms with E-state index in [9.17, 15) is 0 Å². The van der Waals surface area contributed by atoms with Gasteiger partial charge in [-0.25, -0.2) is 9.97 Å². The van der Waals surface area contributed by atoms with Gasteiger partial charge in [0, 0.05) is 43.6 Å². The van der Waals surface area contributed by atoms with Gasteiger partial charge in [-0.2, -0.15) is 0 Å². The third-order valence-electron chi connectivity index (χ3n) is 3.28. The standard InChI is InChI=1S/C13H21N3O/c1-10(2)13-14-5-12(6-15-13)8-16-4-3-11(7-16)9-17/h5-6,10-11,17H,3-4,7-9H2,1-2H3. The van der Waals surface area contributed by atoms with Gasteiger partial charge in [-0.15, -0.1) is 0 Å². The summed E-state index contributed by atoms with van der Waals surface area (Å²) in [5.41, 5.74) is 1.16. The zero-order valence-corrected chi connectivity index (χ0v) is 10.6. The van der Waals surface area contributed by atoms with Crippen LogP contribution in [0.4, 0.5) is 0 Å². The maximum Gasteiger partial charge on any atom is 0.130 e. The number of hydrogen-bond donors (Lipinski definition) is 1. The molecule has 1 aliphatic heterocycles. The van der Waals surface area contributed by atoms with Crippen LogP contribution >= 0.6 is 0 Å². The zero-order valence-electron chi connectivity index (χ0n) is 10.6. The van der Waals surface area contributed by atoms with E-state index in [1.807, 2.05) is 12.4 Å². The van der Waals surface area contributed by atoms with Crippen LogP contribution in [0.5, 0.6) is 0 Å². The van der Waals surface area contributed by atoms with Crippen molar-refractivity contribution in [1.82, 2.24) is 14.9 Å². The second-order valence-corrected chi connectivity index (χ2v) is 5.18. The third-order valence-corrected chi connectivity index (χ3v) is 3.28. The molecule has 1 atom stereocenters. The zero-order chi connectivity index (χ0) is 12.3. The van der Waals surface area contributed by atoms with E-state index in [0.29, 0.717) is 18.4 Å². The number of aliphatic hydroxyl groups excluding tert-OH is 1. The molecule has 4 heteroatoms. The van der Waals surface area contributed by atoms with Crippen molar-refractivity contribution in [2.24, 2.45) is 5.92 Å². The van der Waals surface area contributed by atoms with Crippen molar-refractivity contribution in [3.8, 4) is 0 Å². The Morgan fingerprint density at radius 2 is 2.12 bits per heavy atom. The van der Waals surface area contributed by atoms with E-state index in [0.717, 1.165) is 37.4 Å². The van der Waals surface area contributed by atoms with Gasteiger partial charge in [0.05, 0.1) is 0 Å². The van der Waals surface area contributed by atoms with E-state index in [1.54, 1.807) is 0 Å². The lowest BCUT2D eigenvalue weighted by molar-refractivity contribution is 0.220. The van der Waals surface area contributed by atoms with Crippen LogP contribution in [-0.4, -0.2) is 39.7 Å².